The van der Waals surface area contributed by atoms with Crippen LogP contribution in [-0.2, 0) is 20.9 Å². The summed E-state index contributed by atoms with van der Waals surface area (Å²) in [5.41, 5.74) is 6.13. The van der Waals surface area contributed by atoms with Crippen LogP contribution in [0.15, 0.2) is 42.5 Å². The van der Waals surface area contributed by atoms with Crippen molar-refractivity contribution in [2.75, 3.05) is 20.2 Å². The molecule has 2 aromatic rings. The highest BCUT2D eigenvalue weighted by Crippen LogP contribution is 2.25. The number of likely N-dealkylation sites (tertiary alicyclic amines) is 1. The first kappa shape index (κ1) is 20.1. The van der Waals surface area contributed by atoms with Crippen molar-refractivity contribution in [3.63, 3.8) is 0 Å². The fourth-order valence-corrected chi connectivity index (χ4v) is 3.84. The van der Waals surface area contributed by atoms with Gasteiger partial charge in [0.25, 0.3) is 0 Å². The van der Waals surface area contributed by atoms with Crippen LogP contribution in [0.1, 0.15) is 29.5 Å². The molecule has 1 saturated heterocycles. The van der Waals surface area contributed by atoms with Crippen LogP contribution < -0.4 is 5.32 Å². The van der Waals surface area contributed by atoms with Crippen molar-refractivity contribution >= 4 is 11.9 Å². The Kier molecular flexibility index (Phi) is 6.47. The second-order valence-electron chi connectivity index (χ2n) is 7.50. The Hall–Kier alpha value is -2.66. The van der Waals surface area contributed by atoms with Gasteiger partial charge < -0.3 is 10.1 Å². The topological polar surface area (TPSA) is 58.6 Å². The number of ether oxygens (including phenoxy) is 1. The number of carbonyl (C=O) groups is 2. The van der Waals surface area contributed by atoms with E-state index in [0.29, 0.717) is 0 Å². The Morgan fingerprint density at radius 2 is 1.75 bits per heavy atom. The molecule has 2 aromatic carbocycles. The van der Waals surface area contributed by atoms with E-state index in [0.717, 1.165) is 25.9 Å². The molecule has 0 spiro atoms. The van der Waals surface area contributed by atoms with E-state index in [9.17, 15) is 9.59 Å². The van der Waals surface area contributed by atoms with Gasteiger partial charge in [0.2, 0.25) is 5.91 Å². The lowest BCUT2D eigenvalue weighted by Gasteiger charge is -2.23. The molecular weight excluding hydrogens is 352 g/mol. The van der Waals surface area contributed by atoms with Gasteiger partial charge in [0.15, 0.2) is 0 Å². The lowest BCUT2D eigenvalue weighted by molar-refractivity contribution is -0.141. The maximum absolute atomic E-state index is 12.4. The predicted molar refractivity (Wildman–Crippen MR) is 110 cm³/mol. The molecule has 148 valence electrons. The van der Waals surface area contributed by atoms with Crippen molar-refractivity contribution in [2.45, 2.75) is 39.3 Å². The highest BCUT2D eigenvalue weighted by atomic mass is 16.5. The lowest BCUT2D eigenvalue weighted by atomic mass is 9.99. The highest BCUT2D eigenvalue weighted by molar-refractivity contribution is 5.85. The quantitative estimate of drug-likeness (QED) is 0.782. The van der Waals surface area contributed by atoms with Crippen LogP contribution in [0.4, 0.5) is 0 Å². The molecule has 1 unspecified atom stereocenters. The molecule has 5 heteroatoms. The molecule has 0 radical (unpaired) electrons. The summed E-state index contributed by atoms with van der Waals surface area (Å²) < 4.78 is 4.58. The number of rotatable bonds is 6. The first-order valence-corrected chi connectivity index (χ1v) is 9.72. The fourth-order valence-electron chi connectivity index (χ4n) is 3.84. The zero-order valence-electron chi connectivity index (χ0n) is 16.8. The van der Waals surface area contributed by atoms with Crippen molar-refractivity contribution in [1.29, 1.82) is 0 Å². The van der Waals surface area contributed by atoms with Crippen molar-refractivity contribution < 1.29 is 14.3 Å². The number of amides is 1. The standard InChI is InChI=1S/C23H28N2O3/c1-16-11-17(2)13-20(12-16)19-8-6-18(7-9-19)15-25-10-4-5-21(25)23(27)24-14-22(26)28-3/h6-9,11-13,21H,4-5,10,14-15H2,1-3H3,(H,24,27). The van der Waals surface area contributed by atoms with E-state index in [1.165, 1.54) is 34.9 Å². The number of benzene rings is 2. The highest BCUT2D eigenvalue weighted by Gasteiger charge is 2.30. The van der Waals surface area contributed by atoms with E-state index < -0.39 is 5.97 Å². The summed E-state index contributed by atoms with van der Waals surface area (Å²) in [4.78, 5) is 25.8. The Morgan fingerprint density at radius 3 is 2.39 bits per heavy atom. The Balaban J connectivity index is 1.64. The van der Waals surface area contributed by atoms with Crippen LogP contribution in [0.25, 0.3) is 11.1 Å². The molecule has 1 amide bonds. The zero-order valence-corrected chi connectivity index (χ0v) is 16.8. The molecule has 1 atom stereocenters. The SMILES string of the molecule is COC(=O)CNC(=O)C1CCCN1Cc1ccc(-c2cc(C)cc(C)c2)cc1. The maximum Gasteiger partial charge on any atom is 0.325 e. The minimum atomic E-state index is -0.431. The minimum Gasteiger partial charge on any atom is -0.468 e. The first-order valence-electron chi connectivity index (χ1n) is 9.72. The van der Waals surface area contributed by atoms with Crippen molar-refractivity contribution in [2.24, 2.45) is 0 Å². The smallest absolute Gasteiger partial charge is 0.325 e. The van der Waals surface area contributed by atoms with Crippen molar-refractivity contribution in [3.8, 4) is 11.1 Å². The van der Waals surface area contributed by atoms with Crippen LogP contribution in [0.2, 0.25) is 0 Å². The van der Waals surface area contributed by atoms with Gasteiger partial charge in [-0.05, 0) is 49.9 Å². The number of carbonyl (C=O) groups excluding carboxylic acids is 2. The molecule has 3 rings (SSSR count). The summed E-state index contributed by atoms with van der Waals surface area (Å²) in [6.45, 7) is 5.76. The maximum atomic E-state index is 12.4. The molecule has 1 N–H and O–H groups in total. The van der Waals surface area contributed by atoms with Gasteiger partial charge in [0.1, 0.15) is 6.54 Å². The van der Waals surface area contributed by atoms with E-state index in [1.807, 2.05) is 0 Å². The van der Waals surface area contributed by atoms with Crippen molar-refractivity contribution in [3.05, 3.63) is 59.2 Å². The second kappa shape index (κ2) is 9.02. The van der Waals surface area contributed by atoms with Crippen molar-refractivity contribution in [1.82, 2.24) is 10.2 Å². The van der Waals surface area contributed by atoms with Gasteiger partial charge in [-0.15, -0.1) is 0 Å². The lowest BCUT2D eigenvalue weighted by Crippen LogP contribution is -2.44. The molecular formula is C23H28N2O3. The summed E-state index contributed by atoms with van der Waals surface area (Å²) in [7, 11) is 1.32. The van der Waals surface area contributed by atoms with Crippen LogP contribution in [0, 0.1) is 13.8 Å². The van der Waals surface area contributed by atoms with E-state index in [-0.39, 0.29) is 18.5 Å². The number of methoxy groups -OCH3 is 1. The molecule has 0 aliphatic carbocycles. The number of nitrogens with one attached hydrogen (secondary N) is 1. The fraction of sp³-hybridized carbons (Fsp3) is 0.391. The number of esters is 1. The van der Waals surface area contributed by atoms with Gasteiger partial charge in [-0.25, -0.2) is 0 Å². The molecule has 1 fully saturated rings. The van der Waals surface area contributed by atoms with E-state index in [2.05, 4.69) is 71.3 Å². The normalized spacial score (nSPS) is 16.8. The summed E-state index contributed by atoms with van der Waals surface area (Å²) in [6.07, 6.45) is 1.80. The summed E-state index contributed by atoms with van der Waals surface area (Å²) >= 11 is 0. The largest absolute Gasteiger partial charge is 0.468 e. The summed E-state index contributed by atoms with van der Waals surface area (Å²) in [5.74, 6) is -0.533. The molecule has 1 aliphatic heterocycles. The van der Waals surface area contributed by atoms with E-state index >= 15 is 0 Å². The Morgan fingerprint density at radius 1 is 1.07 bits per heavy atom. The second-order valence-corrected chi connectivity index (χ2v) is 7.50. The first-order chi connectivity index (χ1) is 13.5. The van der Waals surface area contributed by atoms with Gasteiger partial charge in [-0.3, -0.25) is 14.5 Å². The third kappa shape index (κ3) is 4.98. The van der Waals surface area contributed by atoms with E-state index in [1.54, 1.807) is 0 Å². The van der Waals surface area contributed by atoms with Crippen LogP contribution >= 0.6 is 0 Å². The monoisotopic (exact) mass is 380 g/mol. The predicted octanol–water partition coefficient (Wildman–Crippen LogP) is 3.22. The van der Waals surface area contributed by atoms with Gasteiger partial charge in [0, 0.05) is 6.54 Å². The van der Waals surface area contributed by atoms with Crippen LogP contribution in [0.5, 0.6) is 0 Å². The van der Waals surface area contributed by atoms with E-state index in [4.69, 9.17) is 0 Å². The van der Waals surface area contributed by atoms with Gasteiger partial charge in [-0.2, -0.15) is 0 Å². The number of hydrogen-bond donors (Lipinski definition) is 1. The average Bonchev–Trinajstić information content (AvgIpc) is 3.13. The summed E-state index contributed by atoms with van der Waals surface area (Å²) in [5, 5.41) is 2.68. The van der Waals surface area contributed by atoms with Crippen LogP contribution in [-0.4, -0.2) is 43.0 Å². The summed E-state index contributed by atoms with van der Waals surface area (Å²) in [6, 6.07) is 14.9. The molecule has 5 nitrogen and oxygen atoms in total. The van der Waals surface area contributed by atoms with Gasteiger partial charge >= 0.3 is 5.97 Å². The average molecular weight is 380 g/mol. The molecule has 28 heavy (non-hydrogen) atoms. The molecule has 1 heterocycles. The third-order valence-electron chi connectivity index (χ3n) is 5.20. The van der Waals surface area contributed by atoms with Gasteiger partial charge in [0.05, 0.1) is 13.2 Å². The Bertz CT molecular complexity index is 825. The molecule has 0 aromatic heterocycles. The number of aryl methyl sites for hydroxylation is 2. The molecule has 0 bridgehead atoms. The van der Waals surface area contributed by atoms with Gasteiger partial charge in [-0.1, -0.05) is 53.6 Å². The number of hydrogen-bond acceptors (Lipinski definition) is 4. The third-order valence-corrected chi connectivity index (χ3v) is 5.20. The number of nitrogens with zero attached hydrogens (tertiary/aromatic N) is 1. The molecule has 1 aliphatic rings. The zero-order chi connectivity index (χ0) is 20.1. The minimum absolute atomic E-state index is 0.0791. The Labute approximate surface area is 166 Å². The van der Waals surface area contributed by atoms with Crippen LogP contribution in [0.3, 0.4) is 0 Å². The molecule has 0 saturated carbocycles.